The van der Waals surface area contributed by atoms with Crippen LogP contribution in [0.3, 0.4) is 0 Å². The van der Waals surface area contributed by atoms with E-state index in [1.54, 1.807) is 0 Å². The predicted octanol–water partition coefficient (Wildman–Crippen LogP) is 2.92. The molecular formula is C20H30N2O2. The van der Waals surface area contributed by atoms with Gasteiger partial charge in [0.05, 0.1) is 6.10 Å². The third kappa shape index (κ3) is 4.17. The average Bonchev–Trinajstić information content (AvgIpc) is 3.07. The molecule has 1 aromatic rings. The lowest BCUT2D eigenvalue weighted by Gasteiger charge is -2.35. The number of nitrogens with zero attached hydrogens (tertiary/aromatic N) is 2. The van der Waals surface area contributed by atoms with Gasteiger partial charge in [0.2, 0.25) is 0 Å². The molecule has 0 spiro atoms. The lowest BCUT2D eigenvalue weighted by atomic mass is 9.86. The maximum absolute atomic E-state index is 12.7. The Morgan fingerprint density at radius 2 is 1.79 bits per heavy atom. The van der Waals surface area contributed by atoms with Gasteiger partial charge >= 0.3 is 0 Å². The SMILES string of the molecule is CC(C)(C)c1ccc(C(=O)N2CCN(CC3CCCO3)CC2)cc1. The number of piperazine rings is 1. The van der Waals surface area contributed by atoms with Crippen LogP contribution < -0.4 is 0 Å². The zero-order valence-electron chi connectivity index (χ0n) is 15.3. The van der Waals surface area contributed by atoms with Gasteiger partial charge in [-0.2, -0.15) is 0 Å². The van der Waals surface area contributed by atoms with Crippen LogP contribution in [0.2, 0.25) is 0 Å². The summed E-state index contributed by atoms with van der Waals surface area (Å²) in [5, 5.41) is 0. The molecule has 0 radical (unpaired) electrons. The number of amides is 1. The van der Waals surface area contributed by atoms with Gasteiger partial charge < -0.3 is 9.64 Å². The second kappa shape index (κ2) is 7.24. The van der Waals surface area contributed by atoms with Crippen LogP contribution in [0.4, 0.5) is 0 Å². The van der Waals surface area contributed by atoms with Crippen molar-refractivity contribution in [3.63, 3.8) is 0 Å². The van der Waals surface area contributed by atoms with Gasteiger partial charge in [-0.15, -0.1) is 0 Å². The van der Waals surface area contributed by atoms with E-state index in [9.17, 15) is 4.79 Å². The lowest BCUT2D eigenvalue weighted by Crippen LogP contribution is -2.50. The first-order chi connectivity index (χ1) is 11.4. The molecule has 1 atom stereocenters. The van der Waals surface area contributed by atoms with Crippen LogP contribution >= 0.6 is 0 Å². The fraction of sp³-hybridized carbons (Fsp3) is 0.650. The largest absolute Gasteiger partial charge is 0.377 e. The molecule has 4 nitrogen and oxygen atoms in total. The van der Waals surface area contributed by atoms with Crippen molar-refractivity contribution in [3.8, 4) is 0 Å². The van der Waals surface area contributed by atoms with Crippen molar-refractivity contribution in [1.29, 1.82) is 0 Å². The molecule has 3 rings (SSSR count). The summed E-state index contributed by atoms with van der Waals surface area (Å²) < 4.78 is 5.72. The molecule has 1 unspecified atom stereocenters. The Hall–Kier alpha value is -1.39. The third-order valence-electron chi connectivity index (χ3n) is 5.14. The topological polar surface area (TPSA) is 32.8 Å². The van der Waals surface area contributed by atoms with Crippen molar-refractivity contribution < 1.29 is 9.53 Å². The second-order valence-corrected chi connectivity index (χ2v) is 8.06. The Kier molecular flexibility index (Phi) is 5.26. The van der Waals surface area contributed by atoms with Crippen molar-refractivity contribution >= 4 is 5.91 Å². The van der Waals surface area contributed by atoms with Crippen LogP contribution in [-0.2, 0) is 10.2 Å². The van der Waals surface area contributed by atoms with Crippen LogP contribution in [-0.4, -0.2) is 61.1 Å². The summed E-state index contributed by atoms with van der Waals surface area (Å²) in [4.78, 5) is 17.1. The third-order valence-corrected chi connectivity index (χ3v) is 5.14. The number of hydrogen-bond acceptors (Lipinski definition) is 3. The molecule has 2 aliphatic heterocycles. The van der Waals surface area contributed by atoms with E-state index in [0.29, 0.717) is 6.10 Å². The van der Waals surface area contributed by atoms with Crippen LogP contribution in [0.25, 0.3) is 0 Å². The number of ether oxygens (including phenoxy) is 1. The molecule has 0 aromatic heterocycles. The molecule has 0 N–H and O–H groups in total. The molecule has 2 aliphatic rings. The molecule has 1 amide bonds. The van der Waals surface area contributed by atoms with Gasteiger partial charge in [-0.3, -0.25) is 9.69 Å². The molecule has 2 heterocycles. The fourth-order valence-electron chi connectivity index (χ4n) is 3.51. The van der Waals surface area contributed by atoms with E-state index < -0.39 is 0 Å². The fourth-order valence-corrected chi connectivity index (χ4v) is 3.51. The predicted molar refractivity (Wildman–Crippen MR) is 96.5 cm³/mol. The summed E-state index contributed by atoms with van der Waals surface area (Å²) in [6.07, 6.45) is 2.77. The molecule has 0 bridgehead atoms. The Morgan fingerprint density at radius 1 is 1.12 bits per heavy atom. The Bertz CT molecular complexity index is 548. The zero-order chi connectivity index (χ0) is 17.2. The Balaban J connectivity index is 1.53. The van der Waals surface area contributed by atoms with Gasteiger partial charge in [0, 0.05) is 44.9 Å². The van der Waals surface area contributed by atoms with Gasteiger partial charge in [-0.05, 0) is 36.0 Å². The van der Waals surface area contributed by atoms with Gasteiger partial charge in [-0.25, -0.2) is 0 Å². The van der Waals surface area contributed by atoms with E-state index in [1.807, 2.05) is 17.0 Å². The summed E-state index contributed by atoms with van der Waals surface area (Å²) in [6.45, 7) is 12.0. The van der Waals surface area contributed by atoms with Crippen molar-refractivity contribution in [2.24, 2.45) is 0 Å². The first-order valence-corrected chi connectivity index (χ1v) is 9.17. The number of rotatable bonds is 3. The minimum atomic E-state index is 0.121. The van der Waals surface area contributed by atoms with Gasteiger partial charge in [0.25, 0.3) is 5.91 Å². The number of carbonyl (C=O) groups is 1. The maximum atomic E-state index is 12.7. The van der Waals surface area contributed by atoms with E-state index in [0.717, 1.165) is 44.9 Å². The monoisotopic (exact) mass is 330 g/mol. The summed E-state index contributed by atoms with van der Waals surface area (Å²) in [7, 11) is 0. The van der Waals surface area contributed by atoms with E-state index in [1.165, 1.54) is 18.4 Å². The van der Waals surface area contributed by atoms with Crippen molar-refractivity contribution in [2.75, 3.05) is 39.3 Å². The van der Waals surface area contributed by atoms with E-state index in [4.69, 9.17) is 4.74 Å². The van der Waals surface area contributed by atoms with E-state index >= 15 is 0 Å². The highest BCUT2D eigenvalue weighted by molar-refractivity contribution is 5.94. The minimum Gasteiger partial charge on any atom is -0.377 e. The van der Waals surface area contributed by atoms with Crippen LogP contribution in [0, 0.1) is 0 Å². The molecular weight excluding hydrogens is 300 g/mol. The van der Waals surface area contributed by atoms with Crippen molar-refractivity contribution in [1.82, 2.24) is 9.80 Å². The molecule has 0 saturated carbocycles. The quantitative estimate of drug-likeness (QED) is 0.854. The highest BCUT2D eigenvalue weighted by Crippen LogP contribution is 2.23. The molecule has 24 heavy (non-hydrogen) atoms. The standard InChI is InChI=1S/C20H30N2O2/c1-20(2,3)17-8-6-16(7-9-17)19(23)22-12-10-21(11-13-22)15-18-5-4-14-24-18/h6-9,18H,4-5,10-15H2,1-3H3. The lowest BCUT2D eigenvalue weighted by molar-refractivity contribution is 0.0432. The smallest absolute Gasteiger partial charge is 0.253 e. The van der Waals surface area contributed by atoms with Gasteiger partial charge in [0.1, 0.15) is 0 Å². The first kappa shape index (κ1) is 17.4. The molecule has 2 saturated heterocycles. The first-order valence-electron chi connectivity index (χ1n) is 9.17. The molecule has 4 heteroatoms. The van der Waals surface area contributed by atoms with Crippen molar-refractivity contribution in [3.05, 3.63) is 35.4 Å². The number of hydrogen-bond donors (Lipinski definition) is 0. The maximum Gasteiger partial charge on any atom is 0.253 e. The molecule has 132 valence electrons. The van der Waals surface area contributed by atoms with Crippen LogP contribution in [0.15, 0.2) is 24.3 Å². The second-order valence-electron chi connectivity index (χ2n) is 8.06. The minimum absolute atomic E-state index is 0.121. The summed E-state index contributed by atoms with van der Waals surface area (Å²) >= 11 is 0. The summed E-state index contributed by atoms with van der Waals surface area (Å²) in [6, 6.07) is 8.12. The Morgan fingerprint density at radius 3 is 2.33 bits per heavy atom. The average molecular weight is 330 g/mol. The molecule has 0 aliphatic carbocycles. The van der Waals surface area contributed by atoms with E-state index in [-0.39, 0.29) is 11.3 Å². The van der Waals surface area contributed by atoms with Gasteiger partial charge in [0.15, 0.2) is 0 Å². The van der Waals surface area contributed by atoms with Gasteiger partial charge in [-0.1, -0.05) is 32.9 Å². The number of benzene rings is 1. The Labute approximate surface area is 145 Å². The van der Waals surface area contributed by atoms with E-state index in [2.05, 4.69) is 37.8 Å². The highest BCUT2D eigenvalue weighted by Gasteiger charge is 2.25. The summed E-state index contributed by atoms with van der Waals surface area (Å²) in [5.74, 6) is 0.159. The summed E-state index contributed by atoms with van der Waals surface area (Å²) in [5.41, 5.74) is 2.19. The molecule has 1 aromatic carbocycles. The normalized spacial score (nSPS) is 22.8. The van der Waals surface area contributed by atoms with Crippen molar-refractivity contribution in [2.45, 2.75) is 45.1 Å². The number of carbonyl (C=O) groups excluding carboxylic acids is 1. The molecule has 2 fully saturated rings. The van der Waals surface area contributed by atoms with Crippen LogP contribution in [0.5, 0.6) is 0 Å². The van der Waals surface area contributed by atoms with Crippen LogP contribution in [0.1, 0.15) is 49.5 Å². The zero-order valence-corrected chi connectivity index (χ0v) is 15.3. The highest BCUT2D eigenvalue weighted by atomic mass is 16.5.